The van der Waals surface area contributed by atoms with Gasteiger partial charge in [0.1, 0.15) is 11.4 Å². The molecule has 8 nitrogen and oxygen atoms in total. The predicted octanol–water partition coefficient (Wildman–Crippen LogP) is 3.43. The van der Waals surface area contributed by atoms with E-state index < -0.39 is 11.5 Å². The monoisotopic (exact) mass is 418 g/mol. The van der Waals surface area contributed by atoms with Crippen LogP contribution in [-0.4, -0.2) is 51.7 Å². The Labute approximate surface area is 173 Å². The molecular formula is C20H26N4O4S. The maximum absolute atomic E-state index is 12.2. The van der Waals surface area contributed by atoms with Crippen molar-refractivity contribution < 1.29 is 19.4 Å². The van der Waals surface area contributed by atoms with Gasteiger partial charge in [0.25, 0.3) is 5.91 Å². The first-order chi connectivity index (χ1) is 13.6. The van der Waals surface area contributed by atoms with Crippen LogP contribution in [0.15, 0.2) is 23.6 Å². The molecule has 0 radical (unpaired) electrons. The van der Waals surface area contributed by atoms with E-state index >= 15 is 0 Å². The second kappa shape index (κ2) is 8.28. The molecule has 4 N–H and O–H groups in total. The summed E-state index contributed by atoms with van der Waals surface area (Å²) in [6, 6.07) is 4.89. The number of carbonyl (C=O) groups is 2. The summed E-state index contributed by atoms with van der Waals surface area (Å²) in [5.74, 6) is -0.832. The Kier molecular flexibility index (Phi) is 5.97. The SMILES string of the molecule is CC(C)(C)OC(=O)N1CCC(Nc2nc(-c3ccc(O)c(C(N)=O)c3)cs2)CC1. The van der Waals surface area contributed by atoms with Gasteiger partial charge >= 0.3 is 6.09 Å². The first kappa shape index (κ1) is 20.9. The fraction of sp³-hybridized carbons (Fsp3) is 0.450. The lowest BCUT2D eigenvalue weighted by atomic mass is 10.1. The van der Waals surface area contributed by atoms with Crippen molar-refractivity contribution in [2.24, 2.45) is 5.73 Å². The molecule has 1 aliphatic heterocycles. The molecule has 1 aliphatic rings. The number of rotatable bonds is 4. The van der Waals surface area contributed by atoms with Gasteiger partial charge in [-0.1, -0.05) is 0 Å². The van der Waals surface area contributed by atoms with Crippen molar-refractivity contribution in [1.29, 1.82) is 0 Å². The van der Waals surface area contributed by atoms with E-state index in [9.17, 15) is 14.7 Å². The van der Waals surface area contributed by atoms with Crippen molar-refractivity contribution in [2.45, 2.75) is 45.3 Å². The molecule has 0 aliphatic carbocycles. The van der Waals surface area contributed by atoms with Gasteiger partial charge in [-0.05, 0) is 51.8 Å². The van der Waals surface area contributed by atoms with Gasteiger partial charge in [-0.2, -0.15) is 0 Å². The third kappa shape index (κ3) is 5.38. The second-order valence-electron chi connectivity index (χ2n) is 8.02. The van der Waals surface area contributed by atoms with E-state index in [2.05, 4.69) is 10.3 Å². The van der Waals surface area contributed by atoms with Crippen LogP contribution in [0.5, 0.6) is 5.75 Å². The van der Waals surface area contributed by atoms with Crippen molar-refractivity contribution in [2.75, 3.05) is 18.4 Å². The van der Waals surface area contributed by atoms with Crippen molar-refractivity contribution in [3.8, 4) is 17.0 Å². The molecule has 29 heavy (non-hydrogen) atoms. The Hall–Kier alpha value is -2.81. The van der Waals surface area contributed by atoms with Crippen molar-refractivity contribution >= 4 is 28.5 Å². The summed E-state index contributed by atoms with van der Waals surface area (Å²) in [7, 11) is 0. The average molecular weight is 419 g/mol. The molecule has 3 rings (SSSR count). The van der Waals surface area contributed by atoms with Crippen LogP contribution in [0, 0.1) is 0 Å². The van der Waals surface area contributed by atoms with E-state index in [1.54, 1.807) is 11.0 Å². The first-order valence-corrected chi connectivity index (χ1v) is 10.3. The summed E-state index contributed by atoms with van der Waals surface area (Å²) in [4.78, 5) is 29.9. The fourth-order valence-corrected chi connectivity index (χ4v) is 3.87. The lowest BCUT2D eigenvalue weighted by Crippen LogP contribution is -2.44. The molecular weight excluding hydrogens is 392 g/mol. The molecule has 2 aromatic rings. The highest BCUT2D eigenvalue weighted by Gasteiger charge is 2.27. The normalized spacial score (nSPS) is 15.2. The summed E-state index contributed by atoms with van der Waals surface area (Å²) in [5, 5.41) is 15.8. The zero-order chi connectivity index (χ0) is 21.2. The smallest absolute Gasteiger partial charge is 0.410 e. The molecule has 1 aromatic heterocycles. The molecule has 1 saturated heterocycles. The molecule has 0 atom stereocenters. The number of hydrogen-bond donors (Lipinski definition) is 3. The third-order valence-electron chi connectivity index (χ3n) is 4.54. The van der Waals surface area contributed by atoms with Crippen LogP contribution < -0.4 is 11.1 Å². The van der Waals surface area contributed by atoms with Gasteiger partial charge in [0, 0.05) is 30.1 Å². The maximum atomic E-state index is 12.2. The van der Waals surface area contributed by atoms with Crippen LogP contribution in [0.1, 0.15) is 44.0 Å². The van der Waals surface area contributed by atoms with E-state index in [-0.39, 0.29) is 23.4 Å². The van der Waals surface area contributed by atoms with E-state index in [4.69, 9.17) is 10.5 Å². The number of anilines is 1. The molecule has 0 unspecified atom stereocenters. The van der Waals surface area contributed by atoms with Crippen molar-refractivity contribution in [3.63, 3.8) is 0 Å². The lowest BCUT2D eigenvalue weighted by molar-refractivity contribution is 0.0210. The molecule has 0 bridgehead atoms. The Morgan fingerprint density at radius 2 is 2.00 bits per heavy atom. The summed E-state index contributed by atoms with van der Waals surface area (Å²) in [6.45, 7) is 6.84. The second-order valence-corrected chi connectivity index (χ2v) is 8.88. The van der Waals surface area contributed by atoms with Crippen LogP contribution in [0.2, 0.25) is 0 Å². The van der Waals surface area contributed by atoms with E-state index in [0.717, 1.165) is 18.0 Å². The number of nitrogens with zero attached hydrogens (tertiary/aromatic N) is 2. The number of amides is 2. The fourth-order valence-electron chi connectivity index (χ4n) is 3.07. The standard InChI is InChI=1S/C20H26N4O4S/c1-20(2,3)28-19(27)24-8-6-13(7-9-24)22-18-23-15(11-29-18)12-4-5-16(25)14(10-12)17(21)26/h4-5,10-11,13,25H,6-9H2,1-3H3,(H2,21,26)(H,22,23). The van der Waals surface area contributed by atoms with Gasteiger partial charge < -0.3 is 25.8 Å². The number of carbonyl (C=O) groups excluding carboxylic acids is 2. The molecule has 2 heterocycles. The van der Waals surface area contributed by atoms with Gasteiger partial charge in [0.05, 0.1) is 11.3 Å². The molecule has 9 heteroatoms. The van der Waals surface area contributed by atoms with Gasteiger partial charge in [-0.15, -0.1) is 11.3 Å². The number of aromatic nitrogens is 1. The van der Waals surface area contributed by atoms with Crippen LogP contribution in [0.25, 0.3) is 11.3 Å². The minimum atomic E-state index is -0.685. The predicted molar refractivity (Wildman–Crippen MR) is 112 cm³/mol. The van der Waals surface area contributed by atoms with Crippen molar-refractivity contribution in [1.82, 2.24) is 9.88 Å². The first-order valence-electron chi connectivity index (χ1n) is 9.45. The van der Waals surface area contributed by atoms with Gasteiger partial charge in [-0.3, -0.25) is 4.79 Å². The molecule has 0 saturated carbocycles. The summed E-state index contributed by atoms with van der Waals surface area (Å²) in [5.41, 5.74) is 6.27. The quantitative estimate of drug-likeness (QED) is 0.700. The Bertz CT molecular complexity index is 898. The highest BCUT2D eigenvalue weighted by Crippen LogP contribution is 2.29. The third-order valence-corrected chi connectivity index (χ3v) is 5.31. The number of hydrogen-bond acceptors (Lipinski definition) is 7. The average Bonchev–Trinajstić information content (AvgIpc) is 3.09. The number of thiazole rings is 1. The summed E-state index contributed by atoms with van der Waals surface area (Å²) >= 11 is 1.47. The number of nitrogens with two attached hydrogens (primary N) is 1. The molecule has 0 spiro atoms. The maximum Gasteiger partial charge on any atom is 0.410 e. The summed E-state index contributed by atoms with van der Waals surface area (Å²) in [6.07, 6.45) is 1.34. The Balaban J connectivity index is 1.59. The van der Waals surface area contributed by atoms with Crippen LogP contribution in [-0.2, 0) is 4.74 Å². The number of ether oxygens (including phenoxy) is 1. The van der Waals surface area contributed by atoms with Crippen LogP contribution in [0.3, 0.4) is 0 Å². The number of aromatic hydroxyl groups is 1. The van der Waals surface area contributed by atoms with E-state index in [0.29, 0.717) is 24.3 Å². The van der Waals surface area contributed by atoms with Crippen LogP contribution in [0.4, 0.5) is 9.93 Å². The van der Waals surface area contributed by atoms with Gasteiger partial charge in [0.2, 0.25) is 0 Å². The minimum Gasteiger partial charge on any atom is -0.507 e. The summed E-state index contributed by atoms with van der Waals surface area (Å²) < 4.78 is 5.42. The van der Waals surface area contributed by atoms with Crippen LogP contribution >= 0.6 is 11.3 Å². The number of likely N-dealkylation sites (tertiary alicyclic amines) is 1. The zero-order valence-corrected chi connectivity index (χ0v) is 17.6. The highest BCUT2D eigenvalue weighted by atomic mass is 32.1. The van der Waals surface area contributed by atoms with E-state index in [1.165, 1.54) is 23.5 Å². The minimum absolute atomic E-state index is 0.0690. The number of phenols is 1. The largest absolute Gasteiger partial charge is 0.507 e. The molecule has 156 valence electrons. The van der Waals surface area contributed by atoms with E-state index in [1.807, 2.05) is 26.2 Å². The molecule has 1 aromatic carbocycles. The Morgan fingerprint density at radius 3 is 2.62 bits per heavy atom. The zero-order valence-electron chi connectivity index (χ0n) is 16.8. The number of piperidine rings is 1. The number of nitrogens with one attached hydrogen (secondary N) is 1. The number of primary amides is 1. The molecule has 2 amide bonds. The highest BCUT2D eigenvalue weighted by molar-refractivity contribution is 7.14. The Morgan fingerprint density at radius 1 is 1.31 bits per heavy atom. The molecule has 1 fully saturated rings. The van der Waals surface area contributed by atoms with Gasteiger partial charge in [-0.25, -0.2) is 9.78 Å². The number of benzene rings is 1. The topological polar surface area (TPSA) is 118 Å². The van der Waals surface area contributed by atoms with Crippen molar-refractivity contribution in [3.05, 3.63) is 29.1 Å². The lowest BCUT2D eigenvalue weighted by Gasteiger charge is -2.33. The van der Waals surface area contributed by atoms with Gasteiger partial charge in [0.15, 0.2) is 5.13 Å².